The summed E-state index contributed by atoms with van der Waals surface area (Å²) in [5.74, 6) is 1.21. The van der Waals surface area contributed by atoms with Crippen molar-refractivity contribution in [2.75, 3.05) is 39.3 Å². The molecule has 2 aliphatic heterocycles. The summed E-state index contributed by atoms with van der Waals surface area (Å²) in [5.41, 5.74) is 0.713. The van der Waals surface area contributed by atoms with Gasteiger partial charge in [0.15, 0.2) is 5.76 Å². The molecule has 0 aromatic carbocycles. The van der Waals surface area contributed by atoms with Gasteiger partial charge in [-0.2, -0.15) is 0 Å². The minimum atomic E-state index is -0.204. The highest BCUT2D eigenvalue weighted by atomic mass is 35.5. The van der Waals surface area contributed by atoms with Crippen LogP contribution >= 0.6 is 24.8 Å². The van der Waals surface area contributed by atoms with Crippen LogP contribution in [0.5, 0.6) is 0 Å². The van der Waals surface area contributed by atoms with E-state index in [1.807, 2.05) is 17.9 Å². The summed E-state index contributed by atoms with van der Waals surface area (Å²) < 4.78 is 5.26. The average molecular weight is 365 g/mol. The van der Waals surface area contributed by atoms with Crippen molar-refractivity contribution in [3.63, 3.8) is 0 Å². The van der Waals surface area contributed by atoms with Crippen molar-refractivity contribution >= 4 is 30.7 Å². The van der Waals surface area contributed by atoms with E-state index < -0.39 is 0 Å². The summed E-state index contributed by atoms with van der Waals surface area (Å²) in [6, 6.07) is 1.97. The number of hydrogen-bond donors (Lipinski definition) is 1. The van der Waals surface area contributed by atoms with Crippen molar-refractivity contribution in [2.45, 2.75) is 26.8 Å². The lowest BCUT2D eigenvalue weighted by Gasteiger charge is -2.38. The molecular formula is C15H26Cl2N4O2. The molecule has 1 N–H and O–H groups in total. The Morgan fingerprint density at radius 2 is 2.04 bits per heavy atom. The molecule has 6 nitrogen and oxygen atoms in total. The van der Waals surface area contributed by atoms with E-state index in [0.29, 0.717) is 5.91 Å². The lowest BCUT2D eigenvalue weighted by atomic mass is 9.88. The number of carbonyl (C=O) groups is 1. The van der Waals surface area contributed by atoms with Crippen LogP contribution in [0.2, 0.25) is 0 Å². The van der Waals surface area contributed by atoms with Crippen molar-refractivity contribution in [3.05, 3.63) is 17.5 Å². The van der Waals surface area contributed by atoms with Crippen molar-refractivity contribution in [3.8, 4) is 0 Å². The minimum absolute atomic E-state index is 0. The second-order valence-electron chi connectivity index (χ2n) is 6.49. The maximum Gasteiger partial charge on any atom is 0.229 e. The van der Waals surface area contributed by atoms with Crippen molar-refractivity contribution in [1.82, 2.24) is 20.3 Å². The molecule has 1 atom stereocenters. The number of aryl methyl sites for hydroxylation is 1. The molecule has 132 valence electrons. The van der Waals surface area contributed by atoms with Gasteiger partial charge in [-0.3, -0.25) is 9.69 Å². The third-order valence-electron chi connectivity index (χ3n) is 4.60. The largest absolute Gasteiger partial charge is 0.360 e. The smallest absolute Gasteiger partial charge is 0.229 e. The zero-order valence-electron chi connectivity index (χ0n) is 13.7. The highest BCUT2D eigenvalue weighted by Gasteiger charge is 2.39. The molecule has 1 amide bonds. The second kappa shape index (κ2) is 8.33. The van der Waals surface area contributed by atoms with Crippen molar-refractivity contribution < 1.29 is 9.32 Å². The fourth-order valence-electron chi connectivity index (χ4n) is 3.20. The van der Waals surface area contributed by atoms with Gasteiger partial charge in [0.25, 0.3) is 0 Å². The van der Waals surface area contributed by atoms with Gasteiger partial charge in [0.2, 0.25) is 5.91 Å². The lowest BCUT2D eigenvalue weighted by molar-refractivity contribution is -0.142. The topological polar surface area (TPSA) is 61.6 Å². The summed E-state index contributed by atoms with van der Waals surface area (Å²) in [4.78, 5) is 17.0. The maximum atomic E-state index is 12.6. The fourth-order valence-corrected chi connectivity index (χ4v) is 3.20. The van der Waals surface area contributed by atoms with Gasteiger partial charge in [-0.05, 0) is 26.8 Å². The van der Waals surface area contributed by atoms with Gasteiger partial charge in [-0.15, -0.1) is 24.8 Å². The first-order valence-corrected chi connectivity index (χ1v) is 7.71. The van der Waals surface area contributed by atoms with Crippen molar-refractivity contribution in [2.24, 2.45) is 5.41 Å². The zero-order chi connectivity index (χ0) is 14.9. The summed E-state index contributed by atoms with van der Waals surface area (Å²) in [6.45, 7) is 9.96. The number of halogens is 2. The van der Waals surface area contributed by atoms with Gasteiger partial charge in [0.1, 0.15) is 0 Å². The van der Waals surface area contributed by atoms with Crippen LogP contribution in [-0.4, -0.2) is 60.1 Å². The standard InChI is InChI=1S/C15H24N4O2.2ClH/c1-12-9-13(21-17-12)10-18-5-7-19(8-6-18)14(20)15(2)3-4-16-11-15;;/h9,16H,3-8,10-11H2,1-2H3;2*1H. The Kier molecular flexibility index (Phi) is 7.32. The number of amides is 1. The molecule has 2 saturated heterocycles. The molecule has 0 saturated carbocycles. The lowest BCUT2D eigenvalue weighted by Crippen LogP contribution is -2.52. The maximum absolute atomic E-state index is 12.6. The molecule has 3 heterocycles. The van der Waals surface area contributed by atoms with Crippen LogP contribution in [0.3, 0.4) is 0 Å². The normalized spacial score (nSPS) is 24.9. The van der Waals surface area contributed by atoms with E-state index in [2.05, 4.69) is 22.3 Å². The molecule has 8 heteroatoms. The molecule has 3 rings (SSSR count). The van der Waals surface area contributed by atoms with Crippen molar-refractivity contribution in [1.29, 1.82) is 0 Å². The van der Waals surface area contributed by atoms with Crippen LogP contribution in [-0.2, 0) is 11.3 Å². The van der Waals surface area contributed by atoms with Crippen LogP contribution in [0.4, 0.5) is 0 Å². The quantitative estimate of drug-likeness (QED) is 0.879. The van der Waals surface area contributed by atoms with Gasteiger partial charge < -0.3 is 14.7 Å². The van der Waals surface area contributed by atoms with Crippen LogP contribution < -0.4 is 5.32 Å². The van der Waals surface area contributed by atoms with Crippen LogP contribution in [0.1, 0.15) is 24.8 Å². The Morgan fingerprint density at radius 3 is 2.57 bits per heavy atom. The van der Waals surface area contributed by atoms with Gasteiger partial charge in [-0.25, -0.2) is 0 Å². The summed E-state index contributed by atoms with van der Waals surface area (Å²) >= 11 is 0. The first kappa shape index (κ1) is 20.2. The number of piperazine rings is 1. The van der Waals surface area contributed by atoms with E-state index in [0.717, 1.165) is 63.7 Å². The molecule has 0 spiro atoms. The zero-order valence-corrected chi connectivity index (χ0v) is 15.3. The van der Waals surface area contributed by atoms with E-state index in [-0.39, 0.29) is 30.2 Å². The van der Waals surface area contributed by atoms with Crippen LogP contribution in [0, 0.1) is 12.3 Å². The summed E-state index contributed by atoms with van der Waals surface area (Å²) in [5, 5.41) is 7.21. The monoisotopic (exact) mass is 364 g/mol. The Morgan fingerprint density at radius 1 is 1.35 bits per heavy atom. The van der Waals surface area contributed by atoms with E-state index in [1.165, 1.54) is 0 Å². The molecule has 0 aliphatic carbocycles. The van der Waals surface area contributed by atoms with E-state index in [1.54, 1.807) is 0 Å². The third kappa shape index (κ3) is 4.59. The number of aromatic nitrogens is 1. The molecular weight excluding hydrogens is 339 g/mol. The van der Waals surface area contributed by atoms with E-state index >= 15 is 0 Å². The first-order chi connectivity index (χ1) is 10.1. The number of nitrogens with one attached hydrogen (secondary N) is 1. The minimum Gasteiger partial charge on any atom is -0.360 e. The first-order valence-electron chi connectivity index (χ1n) is 7.71. The van der Waals surface area contributed by atoms with E-state index in [9.17, 15) is 4.79 Å². The fraction of sp³-hybridized carbons (Fsp3) is 0.733. The molecule has 0 bridgehead atoms. The van der Waals surface area contributed by atoms with Crippen LogP contribution in [0.15, 0.2) is 10.6 Å². The molecule has 2 fully saturated rings. The SMILES string of the molecule is Cc1cc(CN2CCN(C(=O)C3(C)CCNC3)CC2)on1.Cl.Cl. The Labute approximate surface area is 149 Å². The summed E-state index contributed by atoms with van der Waals surface area (Å²) in [7, 11) is 0. The molecule has 1 aromatic rings. The van der Waals surface area contributed by atoms with Gasteiger partial charge in [0, 0.05) is 38.8 Å². The van der Waals surface area contributed by atoms with Gasteiger partial charge in [0.05, 0.1) is 17.7 Å². The Bertz CT molecular complexity index is 509. The average Bonchev–Trinajstić information content (AvgIpc) is 3.09. The second-order valence-corrected chi connectivity index (χ2v) is 6.49. The number of nitrogens with zero attached hydrogens (tertiary/aromatic N) is 3. The molecule has 1 unspecified atom stereocenters. The molecule has 0 radical (unpaired) electrons. The Balaban J connectivity index is 0.00000132. The highest BCUT2D eigenvalue weighted by Crippen LogP contribution is 2.27. The van der Waals surface area contributed by atoms with E-state index in [4.69, 9.17) is 4.52 Å². The number of hydrogen-bond acceptors (Lipinski definition) is 5. The Hall–Kier alpha value is -0.820. The summed E-state index contributed by atoms with van der Waals surface area (Å²) in [6.07, 6.45) is 0.948. The van der Waals surface area contributed by atoms with Gasteiger partial charge >= 0.3 is 0 Å². The predicted octanol–water partition coefficient (Wildman–Crippen LogP) is 1.47. The molecule has 2 aliphatic rings. The molecule has 1 aromatic heterocycles. The number of carbonyl (C=O) groups excluding carboxylic acids is 1. The predicted molar refractivity (Wildman–Crippen MR) is 93.2 cm³/mol. The van der Waals surface area contributed by atoms with Gasteiger partial charge in [-0.1, -0.05) is 5.16 Å². The highest BCUT2D eigenvalue weighted by molar-refractivity contribution is 5.85. The molecule has 23 heavy (non-hydrogen) atoms. The third-order valence-corrected chi connectivity index (χ3v) is 4.60. The van der Waals surface area contributed by atoms with Crippen LogP contribution in [0.25, 0.3) is 0 Å². The number of rotatable bonds is 3.